The van der Waals surface area contributed by atoms with Crippen molar-refractivity contribution >= 4 is 27.9 Å². The number of hydrogen-bond donors (Lipinski definition) is 0. The molecule has 1 aromatic rings. The summed E-state index contributed by atoms with van der Waals surface area (Å²) in [5, 5.41) is 0. The van der Waals surface area contributed by atoms with Crippen LogP contribution in [0.4, 0.5) is 5.69 Å². The molecule has 0 saturated heterocycles. The van der Waals surface area contributed by atoms with Crippen LogP contribution in [0.3, 0.4) is 0 Å². The van der Waals surface area contributed by atoms with Gasteiger partial charge in [0.25, 0.3) is 0 Å². The Morgan fingerprint density at radius 2 is 2.18 bits per heavy atom. The first kappa shape index (κ1) is 11.9. The first-order chi connectivity index (χ1) is 8.13. The molecule has 0 N–H and O–H groups in total. The fourth-order valence-corrected chi connectivity index (χ4v) is 2.09. The van der Waals surface area contributed by atoms with Crippen molar-refractivity contribution in [1.82, 2.24) is 0 Å². The molecule has 1 heterocycles. The number of carbonyl (C=O) groups excluding carboxylic acids is 1. The fraction of sp³-hybridized carbons (Fsp3) is 0.0714. The molecule has 0 unspecified atom stereocenters. The van der Waals surface area contributed by atoms with Gasteiger partial charge in [0.15, 0.2) is 0 Å². The predicted octanol–water partition coefficient (Wildman–Crippen LogP) is 3.73. The van der Waals surface area contributed by atoms with E-state index in [-0.39, 0.29) is 0 Å². The minimum atomic E-state index is 0.638. The van der Waals surface area contributed by atoms with Crippen LogP contribution in [0.1, 0.15) is 5.56 Å². The lowest BCUT2D eigenvalue weighted by molar-refractivity contribution is -0.104. The molecule has 1 aromatic carbocycles. The molecule has 2 rings (SSSR count). The third-order valence-electron chi connectivity index (χ3n) is 2.69. The van der Waals surface area contributed by atoms with E-state index in [2.05, 4.69) is 22.5 Å². The Labute approximate surface area is 109 Å². The molecule has 1 aliphatic heterocycles. The largest absolute Gasteiger partial charge is 0.317 e. The lowest BCUT2D eigenvalue weighted by Gasteiger charge is -2.26. The average Bonchev–Trinajstić information content (AvgIpc) is 2.33. The quantitative estimate of drug-likeness (QED) is 0.773. The van der Waals surface area contributed by atoms with Gasteiger partial charge in [-0.05, 0) is 36.8 Å². The molecule has 1 aliphatic rings. The van der Waals surface area contributed by atoms with E-state index in [1.165, 1.54) is 0 Å². The Hall–Kier alpha value is -1.61. The van der Waals surface area contributed by atoms with Gasteiger partial charge in [-0.15, -0.1) is 0 Å². The summed E-state index contributed by atoms with van der Waals surface area (Å²) in [6.45, 7) is 6.01. The van der Waals surface area contributed by atoms with E-state index in [0.717, 1.165) is 27.7 Å². The summed E-state index contributed by atoms with van der Waals surface area (Å²) in [6.07, 6.45) is 6.24. The van der Waals surface area contributed by atoms with Crippen molar-refractivity contribution in [3.63, 3.8) is 0 Å². The smallest absolute Gasteiger partial charge is 0.150 e. The zero-order valence-electron chi connectivity index (χ0n) is 9.48. The highest BCUT2D eigenvalue weighted by Gasteiger charge is 2.13. The molecule has 0 radical (unpaired) electrons. The predicted molar refractivity (Wildman–Crippen MR) is 73.8 cm³/mol. The van der Waals surface area contributed by atoms with Crippen LogP contribution in [0.15, 0.2) is 58.9 Å². The van der Waals surface area contributed by atoms with Gasteiger partial charge >= 0.3 is 0 Å². The maximum Gasteiger partial charge on any atom is 0.150 e. The number of anilines is 1. The second kappa shape index (κ2) is 4.72. The normalized spacial score (nSPS) is 14.8. The van der Waals surface area contributed by atoms with Gasteiger partial charge in [0.2, 0.25) is 0 Å². The zero-order valence-corrected chi connectivity index (χ0v) is 11.1. The number of allylic oxidation sites excluding steroid dienone is 3. The van der Waals surface area contributed by atoms with E-state index in [9.17, 15) is 4.79 Å². The molecule has 3 heteroatoms. The van der Waals surface area contributed by atoms with E-state index in [1.54, 1.807) is 12.2 Å². The van der Waals surface area contributed by atoms with Gasteiger partial charge in [0, 0.05) is 27.6 Å². The van der Waals surface area contributed by atoms with Crippen molar-refractivity contribution in [2.24, 2.45) is 0 Å². The number of nitrogens with zero attached hydrogens (tertiary/aromatic N) is 1. The van der Waals surface area contributed by atoms with E-state index >= 15 is 0 Å². The third kappa shape index (κ3) is 2.24. The van der Waals surface area contributed by atoms with Crippen molar-refractivity contribution in [2.45, 2.75) is 6.92 Å². The van der Waals surface area contributed by atoms with Gasteiger partial charge in [-0.2, -0.15) is 0 Å². The Morgan fingerprint density at radius 3 is 2.82 bits per heavy atom. The van der Waals surface area contributed by atoms with Gasteiger partial charge in [0.1, 0.15) is 6.29 Å². The summed E-state index contributed by atoms with van der Waals surface area (Å²) >= 11 is 3.51. The molecular formula is C14H12BrNO. The summed E-state index contributed by atoms with van der Waals surface area (Å²) in [6, 6.07) is 6.00. The Kier molecular flexibility index (Phi) is 3.29. The van der Waals surface area contributed by atoms with Crippen LogP contribution < -0.4 is 4.90 Å². The molecule has 0 aromatic heterocycles. The van der Waals surface area contributed by atoms with Crippen LogP contribution in [0.5, 0.6) is 0 Å². The third-order valence-corrected chi connectivity index (χ3v) is 3.55. The maximum atomic E-state index is 10.7. The minimum Gasteiger partial charge on any atom is -0.317 e. The van der Waals surface area contributed by atoms with Gasteiger partial charge in [-0.25, -0.2) is 0 Å². The second-order valence-electron chi connectivity index (χ2n) is 3.82. The number of rotatable bonds is 2. The molecule has 0 bridgehead atoms. The highest BCUT2D eigenvalue weighted by atomic mass is 79.9. The van der Waals surface area contributed by atoms with Crippen molar-refractivity contribution in [3.05, 3.63) is 64.4 Å². The highest BCUT2D eigenvalue weighted by Crippen LogP contribution is 2.31. The maximum absolute atomic E-state index is 10.7. The van der Waals surface area contributed by atoms with E-state index in [1.807, 2.05) is 36.2 Å². The van der Waals surface area contributed by atoms with Gasteiger partial charge in [-0.1, -0.05) is 28.6 Å². The number of carbonyl (C=O) groups is 1. The number of benzene rings is 1. The molecule has 0 saturated carbocycles. The molecular weight excluding hydrogens is 278 g/mol. The van der Waals surface area contributed by atoms with Gasteiger partial charge < -0.3 is 4.90 Å². The molecule has 0 fully saturated rings. The summed E-state index contributed by atoms with van der Waals surface area (Å²) < 4.78 is 1.06. The molecule has 0 atom stereocenters. The molecule has 86 valence electrons. The van der Waals surface area contributed by atoms with Crippen molar-refractivity contribution in [2.75, 3.05) is 4.90 Å². The Balaban J connectivity index is 2.41. The first-order valence-corrected chi connectivity index (χ1v) is 6.01. The van der Waals surface area contributed by atoms with Crippen LogP contribution in [-0.2, 0) is 4.79 Å². The van der Waals surface area contributed by atoms with Crippen molar-refractivity contribution < 1.29 is 4.79 Å². The highest BCUT2D eigenvalue weighted by molar-refractivity contribution is 9.10. The van der Waals surface area contributed by atoms with E-state index < -0.39 is 0 Å². The molecule has 0 amide bonds. The lowest BCUT2D eigenvalue weighted by atomic mass is 10.1. The Morgan fingerprint density at radius 1 is 1.41 bits per heavy atom. The molecule has 17 heavy (non-hydrogen) atoms. The second-order valence-corrected chi connectivity index (χ2v) is 4.68. The monoisotopic (exact) mass is 289 g/mol. The average molecular weight is 290 g/mol. The first-order valence-electron chi connectivity index (χ1n) is 5.22. The summed E-state index contributed by atoms with van der Waals surface area (Å²) in [5.41, 5.74) is 3.62. The molecule has 0 spiro atoms. The SMILES string of the molecule is C=C1C=C(C=O)C=CN1c1cccc(Br)c1C. The van der Waals surface area contributed by atoms with E-state index in [0.29, 0.717) is 5.57 Å². The van der Waals surface area contributed by atoms with Crippen molar-refractivity contribution in [3.8, 4) is 0 Å². The number of aldehydes is 1. The zero-order chi connectivity index (χ0) is 12.4. The van der Waals surface area contributed by atoms with Crippen molar-refractivity contribution in [1.29, 1.82) is 0 Å². The fourth-order valence-electron chi connectivity index (χ4n) is 1.73. The number of hydrogen-bond acceptors (Lipinski definition) is 2. The van der Waals surface area contributed by atoms with Gasteiger partial charge in [0.05, 0.1) is 0 Å². The van der Waals surface area contributed by atoms with Crippen LogP contribution in [-0.4, -0.2) is 6.29 Å². The van der Waals surface area contributed by atoms with Crippen LogP contribution in [0.2, 0.25) is 0 Å². The van der Waals surface area contributed by atoms with Crippen LogP contribution in [0.25, 0.3) is 0 Å². The van der Waals surface area contributed by atoms with Crippen LogP contribution >= 0.6 is 15.9 Å². The minimum absolute atomic E-state index is 0.638. The Bertz CT molecular complexity index is 543. The summed E-state index contributed by atoms with van der Waals surface area (Å²) in [7, 11) is 0. The van der Waals surface area contributed by atoms with Gasteiger partial charge in [-0.3, -0.25) is 4.79 Å². The van der Waals surface area contributed by atoms with E-state index in [4.69, 9.17) is 0 Å². The summed E-state index contributed by atoms with van der Waals surface area (Å²) in [5.74, 6) is 0. The van der Waals surface area contributed by atoms with Crippen LogP contribution in [0, 0.1) is 6.92 Å². The topological polar surface area (TPSA) is 20.3 Å². The lowest BCUT2D eigenvalue weighted by Crippen LogP contribution is -2.17. The number of halogens is 1. The molecule has 2 nitrogen and oxygen atoms in total. The molecule has 0 aliphatic carbocycles. The standard InChI is InChI=1S/C14H12BrNO/c1-10-8-12(9-17)6-7-16(10)14-5-3-4-13(15)11(14)2/h3-9H,1H2,2H3. The summed E-state index contributed by atoms with van der Waals surface area (Å²) in [4.78, 5) is 12.6.